The van der Waals surface area contributed by atoms with Crippen LogP contribution in [0.25, 0.3) is 0 Å². The van der Waals surface area contributed by atoms with Crippen LogP contribution in [0.3, 0.4) is 0 Å². The first-order valence-corrected chi connectivity index (χ1v) is 6.26. The Morgan fingerprint density at radius 3 is 2.95 bits per heavy atom. The van der Waals surface area contributed by atoms with E-state index in [-0.39, 0.29) is 29.7 Å². The highest BCUT2D eigenvalue weighted by atomic mass is 35.5. The number of nitrogens with zero attached hydrogens (tertiary/aromatic N) is 5. The number of carbonyl (C=O) groups is 1. The van der Waals surface area contributed by atoms with Crippen molar-refractivity contribution in [2.45, 2.75) is 13.5 Å². The monoisotopic (exact) mass is 311 g/mol. The Bertz CT molecular complexity index is 687. The molecule has 1 aromatic carbocycles. The number of rotatable bonds is 5. The van der Waals surface area contributed by atoms with Gasteiger partial charge in [0.1, 0.15) is 0 Å². The van der Waals surface area contributed by atoms with Crippen LogP contribution in [0.2, 0.25) is 5.02 Å². The van der Waals surface area contributed by atoms with E-state index in [9.17, 15) is 14.9 Å². The van der Waals surface area contributed by atoms with E-state index in [1.807, 2.05) is 0 Å². The van der Waals surface area contributed by atoms with Crippen molar-refractivity contribution in [1.82, 2.24) is 20.2 Å². The van der Waals surface area contributed by atoms with E-state index < -0.39 is 10.9 Å². The number of nitro benzene ring substituents is 1. The fraction of sp³-hybridized carbons (Fsp3) is 0.273. The van der Waals surface area contributed by atoms with Crippen LogP contribution in [0.15, 0.2) is 18.2 Å². The van der Waals surface area contributed by atoms with Gasteiger partial charge in [0.25, 0.3) is 11.5 Å². The van der Waals surface area contributed by atoms with Crippen LogP contribution in [0.5, 0.6) is 0 Å². The van der Waals surface area contributed by atoms with E-state index >= 15 is 0 Å². The molecule has 0 aliphatic rings. The maximum Gasteiger partial charge on any atom is 0.378 e. The summed E-state index contributed by atoms with van der Waals surface area (Å²) in [4.78, 5) is 22.1. The van der Waals surface area contributed by atoms with Gasteiger partial charge in [-0.2, -0.15) is 0 Å². The van der Waals surface area contributed by atoms with Crippen molar-refractivity contribution in [1.29, 1.82) is 0 Å². The lowest BCUT2D eigenvalue weighted by atomic mass is 10.2. The first-order chi connectivity index (χ1) is 10.0. The number of aromatic nitrogens is 4. The second-order valence-corrected chi connectivity index (χ2v) is 4.35. The van der Waals surface area contributed by atoms with Gasteiger partial charge in [0.2, 0.25) is 0 Å². The third-order valence-corrected chi connectivity index (χ3v) is 2.79. The Morgan fingerprint density at radius 2 is 2.29 bits per heavy atom. The first-order valence-electron chi connectivity index (χ1n) is 5.89. The predicted octanol–water partition coefficient (Wildman–Crippen LogP) is 1.46. The molecule has 0 spiro atoms. The fourth-order valence-electron chi connectivity index (χ4n) is 1.65. The molecule has 0 radical (unpaired) electrons. The molecule has 0 aliphatic carbocycles. The molecule has 0 saturated carbocycles. The normalized spacial score (nSPS) is 10.4. The van der Waals surface area contributed by atoms with Gasteiger partial charge in [0.15, 0.2) is 0 Å². The van der Waals surface area contributed by atoms with Crippen LogP contribution in [0, 0.1) is 10.1 Å². The summed E-state index contributed by atoms with van der Waals surface area (Å²) in [5.74, 6) is -0.819. The number of tetrazole rings is 1. The zero-order valence-electron chi connectivity index (χ0n) is 10.9. The second-order valence-electron chi connectivity index (χ2n) is 3.91. The lowest BCUT2D eigenvalue weighted by molar-refractivity contribution is -0.385. The standard InChI is InChI=1S/C11H10ClN5O4/c1-2-21-11(18)10-13-14-15-16(10)6-7-3-4-8(12)5-9(7)17(19)20/h3-5H,2,6H2,1H3. The topological polar surface area (TPSA) is 113 Å². The van der Waals surface area contributed by atoms with Crippen molar-refractivity contribution in [3.8, 4) is 0 Å². The predicted molar refractivity (Wildman–Crippen MR) is 71.0 cm³/mol. The summed E-state index contributed by atoms with van der Waals surface area (Å²) in [6.07, 6.45) is 0. The minimum Gasteiger partial charge on any atom is -0.460 e. The maximum atomic E-state index is 11.6. The Hall–Kier alpha value is -2.55. The van der Waals surface area contributed by atoms with Gasteiger partial charge in [-0.15, -0.1) is 5.10 Å². The molecule has 0 amide bonds. The zero-order valence-corrected chi connectivity index (χ0v) is 11.6. The molecule has 0 bridgehead atoms. The highest BCUT2D eigenvalue weighted by Crippen LogP contribution is 2.24. The maximum absolute atomic E-state index is 11.6. The molecule has 10 heteroatoms. The molecular weight excluding hydrogens is 302 g/mol. The van der Waals surface area contributed by atoms with Gasteiger partial charge in [-0.25, -0.2) is 9.48 Å². The molecule has 0 fully saturated rings. The number of esters is 1. The SMILES string of the molecule is CCOC(=O)c1nnnn1Cc1ccc(Cl)cc1[N+](=O)[O-]. The lowest BCUT2D eigenvalue weighted by Gasteiger charge is -2.05. The number of benzene rings is 1. The number of halogens is 1. The average molecular weight is 312 g/mol. The summed E-state index contributed by atoms with van der Waals surface area (Å²) in [7, 11) is 0. The number of hydrogen-bond donors (Lipinski definition) is 0. The number of nitro groups is 1. The molecule has 1 heterocycles. The molecule has 21 heavy (non-hydrogen) atoms. The van der Waals surface area contributed by atoms with Gasteiger partial charge < -0.3 is 4.74 Å². The zero-order chi connectivity index (χ0) is 15.4. The van der Waals surface area contributed by atoms with E-state index in [1.54, 1.807) is 6.92 Å². The van der Waals surface area contributed by atoms with Crippen molar-refractivity contribution >= 4 is 23.3 Å². The quantitative estimate of drug-likeness (QED) is 0.466. The second kappa shape index (κ2) is 6.27. The van der Waals surface area contributed by atoms with Crippen LogP contribution in [-0.4, -0.2) is 37.7 Å². The van der Waals surface area contributed by atoms with E-state index in [0.29, 0.717) is 5.56 Å². The van der Waals surface area contributed by atoms with Gasteiger partial charge in [0.05, 0.1) is 23.6 Å². The Morgan fingerprint density at radius 1 is 1.52 bits per heavy atom. The summed E-state index contributed by atoms with van der Waals surface area (Å²) < 4.78 is 5.94. The third kappa shape index (κ3) is 3.31. The minimum absolute atomic E-state index is 0.0470. The first kappa shape index (κ1) is 14.9. The highest BCUT2D eigenvalue weighted by Gasteiger charge is 2.20. The molecule has 110 valence electrons. The molecule has 0 unspecified atom stereocenters. The molecule has 0 atom stereocenters. The van der Waals surface area contributed by atoms with E-state index in [2.05, 4.69) is 15.5 Å². The highest BCUT2D eigenvalue weighted by molar-refractivity contribution is 6.30. The summed E-state index contributed by atoms with van der Waals surface area (Å²) >= 11 is 5.74. The number of carbonyl (C=O) groups excluding carboxylic acids is 1. The molecule has 1 aromatic heterocycles. The van der Waals surface area contributed by atoms with Gasteiger partial charge in [-0.1, -0.05) is 11.6 Å². The van der Waals surface area contributed by atoms with E-state index in [0.717, 1.165) is 4.68 Å². The molecule has 2 rings (SSSR count). The van der Waals surface area contributed by atoms with Crippen molar-refractivity contribution in [2.75, 3.05) is 6.61 Å². The smallest absolute Gasteiger partial charge is 0.378 e. The Kier molecular flexibility index (Phi) is 4.43. The third-order valence-electron chi connectivity index (χ3n) is 2.55. The average Bonchev–Trinajstić information content (AvgIpc) is 2.89. The van der Waals surface area contributed by atoms with Crippen LogP contribution >= 0.6 is 11.6 Å². The van der Waals surface area contributed by atoms with E-state index in [4.69, 9.17) is 16.3 Å². The fourth-order valence-corrected chi connectivity index (χ4v) is 1.82. The molecule has 9 nitrogen and oxygen atoms in total. The molecular formula is C11H10ClN5O4. The molecule has 0 aliphatic heterocycles. The lowest BCUT2D eigenvalue weighted by Crippen LogP contribution is -2.15. The van der Waals surface area contributed by atoms with Crippen LogP contribution in [-0.2, 0) is 11.3 Å². The molecule has 2 aromatic rings. The summed E-state index contributed by atoms with van der Waals surface area (Å²) in [5, 5.41) is 21.8. The van der Waals surface area contributed by atoms with Gasteiger partial charge >= 0.3 is 5.97 Å². The van der Waals surface area contributed by atoms with Crippen molar-refractivity contribution in [2.24, 2.45) is 0 Å². The van der Waals surface area contributed by atoms with Crippen molar-refractivity contribution < 1.29 is 14.5 Å². The number of hydrogen-bond acceptors (Lipinski definition) is 7. The summed E-state index contributed by atoms with van der Waals surface area (Å²) in [5.41, 5.74) is 0.148. The van der Waals surface area contributed by atoms with Crippen LogP contribution in [0.1, 0.15) is 23.1 Å². The summed E-state index contributed by atoms with van der Waals surface area (Å²) in [6, 6.07) is 4.22. The largest absolute Gasteiger partial charge is 0.460 e. The summed E-state index contributed by atoms with van der Waals surface area (Å²) in [6.45, 7) is 1.78. The Balaban J connectivity index is 2.33. The van der Waals surface area contributed by atoms with Gasteiger partial charge in [-0.3, -0.25) is 10.1 Å². The van der Waals surface area contributed by atoms with Gasteiger partial charge in [0, 0.05) is 11.1 Å². The van der Waals surface area contributed by atoms with Crippen LogP contribution < -0.4 is 0 Å². The van der Waals surface area contributed by atoms with Gasteiger partial charge in [-0.05, 0) is 29.5 Å². The Labute approximate surface area is 123 Å². The van der Waals surface area contributed by atoms with Crippen molar-refractivity contribution in [3.05, 3.63) is 44.7 Å². The molecule has 0 N–H and O–H groups in total. The number of ether oxygens (including phenoxy) is 1. The van der Waals surface area contributed by atoms with E-state index in [1.165, 1.54) is 18.2 Å². The van der Waals surface area contributed by atoms with Crippen molar-refractivity contribution in [3.63, 3.8) is 0 Å². The van der Waals surface area contributed by atoms with Crippen LogP contribution in [0.4, 0.5) is 5.69 Å². The molecule has 0 saturated heterocycles. The minimum atomic E-state index is -0.695.